The van der Waals surface area contributed by atoms with Gasteiger partial charge in [-0.1, -0.05) is 57.5 Å². The number of benzene rings is 1. The Labute approximate surface area is 240 Å². The molecule has 2 atom stereocenters. The van der Waals surface area contributed by atoms with Crippen LogP contribution in [0.4, 0.5) is 9.18 Å². The van der Waals surface area contributed by atoms with Crippen molar-refractivity contribution >= 4 is 47.2 Å². The van der Waals surface area contributed by atoms with Crippen molar-refractivity contribution in [1.82, 2.24) is 10.3 Å². The first-order chi connectivity index (χ1) is 17.6. The first kappa shape index (κ1) is 32.5. The zero-order chi connectivity index (χ0) is 28.8. The van der Waals surface area contributed by atoms with Crippen LogP contribution in [0.5, 0.6) is 0 Å². The first-order valence-electron chi connectivity index (χ1n) is 12.8. The number of aromatic nitrogens is 1. The van der Waals surface area contributed by atoms with Crippen LogP contribution in [-0.2, 0) is 14.0 Å². The molecule has 1 aromatic heterocycles. The zero-order valence-corrected chi connectivity index (χ0v) is 27.1. The van der Waals surface area contributed by atoms with E-state index in [0.717, 1.165) is 16.2 Å². The second kappa shape index (κ2) is 13.5. The first-order valence-corrected chi connectivity index (χ1v) is 16.6. The van der Waals surface area contributed by atoms with Crippen LogP contribution in [0.2, 0.25) is 16.6 Å². The monoisotopic (exact) mass is 626 g/mol. The molecule has 1 N–H and O–H groups in total. The van der Waals surface area contributed by atoms with Crippen molar-refractivity contribution in [3.8, 4) is 0 Å². The van der Waals surface area contributed by atoms with Crippen LogP contribution in [0.25, 0.3) is 0 Å². The van der Waals surface area contributed by atoms with Crippen molar-refractivity contribution in [2.45, 2.75) is 102 Å². The molecule has 0 fully saturated rings. The number of pyridine rings is 1. The highest BCUT2D eigenvalue weighted by Gasteiger charge is 2.50. The number of nitrogens with zero attached hydrogens (tertiary/aromatic N) is 1. The number of nitrogens with one attached hydrogen (secondary N) is 1. The maximum Gasteiger partial charge on any atom is 0.408 e. The third kappa shape index (κ3) is 8.37. The highest BCUT2D eigenvalue weighted by atomic mass is 79.9. The number of carbonyl (C=O) groups is 2. The highest BCUT2D eigenvalue weighted by molar-refractivity contribution is 9.10. The summed E-state index contributed by atoms with van der Waals surface area (Å²) in [5, 5.41) is 2.39. The fourth-order valence-electron chi connectivity index (χ4n) is 4.91. The van der Waals surface area contributed by atoms with Crippen LogP contribution >= 0.6 is 27.7 Å². The number of amides is 1. The van der Waals surface area contributed by atoms with E-state index in [1.807, 2.05) is 24.3 Å². The molecule has 0 aliphatic rings. The largest absolute Gasteiger partial charge is 0.444 e. The number of halogens is 2. The molecule has 0 saturated carbocycles. The number of hydrogen-bond acceptors (Lipinski definition) is 6. The molecular formula is C28H40BrFN2O4SSi. The van der Waals surface area contributed by atoms with Crippen LogP contribution in [0.1, 0.15) is 74.0 Å². The summed E-state index contributed by atoms with van der Waals surface area (Å²) in [5.74, 6) is -0.644. The highest BCUT2D eigenvalue weighted by Crippen LogP contribution is 2.45. The predicted octanol–water partition coefficient (Wildman–Crippen LogP) is 8.43. The van der Waals surface area contributed by atoms with E-state index in [-0.39, 0.29) is 27.4 Å². The lowest BCUT2D eigenvalue weighted by Crippen LogP contribution is -2.55. The van der Waals surface area contributed by atoms with Gasteiger partial charge < -0.3 is 14.5 Å². The van der Waals surface area contributed by atoms with Gasteiger partial charge >= 0.3 is 6.09 Å². The molecule has 0 aliphatic heterocycles. The molecular weight excluding hydrogens is 587 g/mol. The van der Waals surface area contributed by atoms with Gasteiger partial charge in [0, 0.05) is 15.6 Å². The fourth-order valence-corrected chi connectivity index (χ4v) is 11.6. The molecule has 2 rings (SSSR count). The summed E-state index contributed by atoms with van der Waals surface area (Å²) in [5.41, 5.74) is -0.438. The number of hydrogen-bond donors (Lipinski definition) is 1. The zero-order valence-electron chi connectivity index (χ0n) is 23.7. The molecule has 0 bridgehead atoms. The Bertz CT molecular complexity index is 1070. The van der Waals surface area contributed by atoms with Gasteiger partial charge in [0.1, 0.15) is 29.3 Å². The Morgan fingerprint density at radius 2 is 1.55 bits per heavy atom. The Hall–Kier alpha value is -1.75. The average Bonchev–Trinajstić information content (AvgIpc) is 2.78. The Morgan fingerprint density at radius 1 is 1.00 bits per heavy atom. The molecule has 0 saturated heterocycles. The smallest absolute Gasteiger partial charge is 0.408 e. The van der Waals surface area contributed by atoms with Crippen molar-refractivity contribution < 1.29 is 23.1 Å². The standard InChI is InChI=1S/C28H40BrFN2O4SSi/c1-17(2)38(18(3)4,19(5)6)36-25(26(33)37-21-14-12-20(29)13-15-21)24(23-22(30)11-10-16-31-23)32-27(34)35-28(7,8)9/h10-19,24-25H,1-9H3,(H,32,34)/t24-,25+/m0/s1. The van der Waals surface area contributed by atoms with E-state index in [1.165, 1.54) is 18.3 Å². The number of carbonyl (C=O) groups excluding carboxylic acids is 2. The minimum Gasteiger partial charge on any atom is -0.444 e. The Kier molecular flexibility index (Phi) is 11.6. The van der Waals surface area contributed by atoms with Gasteiger partial charge in [-0.15, -0.1) is 0 Å². The number of thioether (sulfide) groups is 1. The van der Waals surface area contributed by atoms with E-state index < -0.39 is 38.0 Å². The molecule has 2 aromatic rings. The lowest BCUT2D eigenvalue weighted by molar-refractivity contribution is -0.119. The van der Waals surface area contributed by atoms with Crippen molar-refractivity contribution in [3.05, 3.63) is 58.6 Å². The van der Waals surface area contributed by atoms with Crippen molar-refractivity contribution in [1.29, 1.82) is 0 Å². The predicted molar refractivity (Wildman–Crippen MR) is 157 cm³/mol. The minimum atomic E-state index is -2.67. The van der Waals surface area contributed by atoms with Crippen LogP contribution in [-0.4, -0.2) is 36.2 Å². The molecule has 1 heterocycles. The van der Waals surface area contributed by atoms with Crippen molar-refractivity contribution in [3.63, 3.8) is 0 Å². The van der Waals surface area contributed by atoms with E-state index >= 15 is 4.39 Å². The summed E-state index contributed by atoms with van der Waals surface area (Å²) in [6.45, 7) is 17.8. The molecule has 6 nitrogen and oxygen atoms in total. The SMILES string of the molecule is CC(C)[Si](O[C@@H](C(=O)Sc1ccc(Br)cc1)[C@@H](NC(=O)OC(C)(C)C)c1ncccc1F)(C(C)C)C(C)C. The number of ether oxygens (including phenoxy) is 1. The summed E-state index contributed by atoms with van der Waals surface area (Å²) >= 11 is 4.42. The third-order valence-corrected chi connectivity index (χ3v) is 13.9. The maximum absolute atomic E-state index is 15.2. The summed E-state index contributed by atoms with van der Waals surface area (Å²) in [4.78, 5) is 32.0. The van der Waals surface area contributed by atoms with E-state index in [4.69, 9.17) is 9.16 Å². The molecule has 38 heavy (non-hydrogen) atoms. The van der Waals surface area contributed by atoms with Crippen molar-refractivity contribution in [2.75, 3.05) is 0 Å². The fraction of sp³-hybridized carbons (Fsp3) is 0.536. The molecule has 210 valence electrons. The van der Waals surface area contributed by atoms with E-state index in [9.17, 15) is 9.59 Å². The van der Waals surface area contributed by atoms with Gasteiger partial charge in [0.15, 0.2) is 0 Å². The molecule has 1 aromatic carbocycles. The lowest BCUT2D eigenvalue weighted by atomic mass is 10.1. The van der Waals surface area contributed by atoms with Gasteiger partial charge in [0.2, 0.25) is 13.4 Å². The van der Waals surface area contributed by atoms with Crippen molar-refractivity contribution in [2.24, 2.45) is 0 Å². The summed E-state index contributed by atoms with van der Waals surface area (Å²) in [7, 11) is -2.67. The van der Waals surface area contributed by atoms with E-state index in [1.54, 1.807) is 20.8 Å². The van der Waals surface area contributed by atoms with Gasteiger partial charge in [-0.25, -0.2) is 9.18 Å². The van der Waals surface area contributed by atoms with Gasteiger partial charge in [-0.3, -0.25) is 9.78 Å². The Balaban J connectivity index is 2.68. The second-order valence-electron chi connectivity index (χ2n) is 11.2. The third-order valence-electron chi connectivity index (χ3n) is 6.36. The van der Waals surface area contributed by atoms with Crippen LogP contribution in [0.3, 0.4) is 0 Å². The van der Waals surface area contributed by atoms with Crippen LogP contribution < -0.4 is 5.32 Å². The minimum absolute atomic E-state index is 0.0766. The van der Waals surface area contributed by atoms with Crippen LogP contribution in [0, 0.1) is 5.82 Å². The lowest BCUT2D eigenvalue weighted by Gasteiger charge is -2.45. The summed E-state index contributed by atoms with van der Waals surface area (Å²) < 4.78 is 28.6. The van der Waals surface area contributed by atoms with E-state index in [2.05, 4.69) is 67.8 Å². The number of alkyl carbamates (subject to hydrolysis) is 1. The topological polar surface area (TPSA) is 77.5 Å². The molecule has 0 spiro atoms. The van der Waals surface area contributed by atoms with Gasteiger partial charge in [-0.2, -0.15) is 0 Å². The summed E-state index contributed by atoms with van der Waals surface area (Å²) in [6.07, 6.45) is -0.559. The molecule has 1 amide bonds. The summed E-state index contributed by atoms with van der Waals surface area (Å²) in [6, 6.07) is 8.84. The molecule has 10 heteroatoms. The quantitative estimate of drug-likeness (QED) is 0.211. The molecule has 0 radical (unpaired) electrons. The molecule has 0 unspecified atom stereocenters. The van der Waals surface area contributed by atoms with Gasteiger partial charge in [0.05, 0.1) is 0 Å². The maximum atomic E-state index is 15.2. The second-order valence-corrected chi connectivity index (χ2v) is 18.6. The van der Waals surface area contributed by atoms with Crippen LogP contribution in [0.15, 0.2) is 52.0 Å². The molecule has 0 aliphatic carbocycles. The van der Waals surface area contributed by atoms with E-state index in [0.29, 0.717) is 4.90 Å². The normalized spacial score (nSPS) is 14.1. The van der Waals surface area contributed by atoms with Gasteiger partial charge in [-0.05, 0) is 85.6 Å². The number of rotatable bonds is 10. The Morgan fingerprint density at radius 3 is 2.03 bits per heavy atom. The average molecular weight is 628 g/mol. The van der Waals surface area contributed by atoms with Gasteiger partial charge in [0.25, 0.3) is 0 Å².